The number of hydrogen-bond acceptors (Lipinski definition) is 2. The first-order valence-corrected chi connectivity index (χ1v) is 6.82. The molecule has 19 heavy (non-hydrogen) atoms. The molecule has 2 aliphatic rings. The highest BCUT2D eigenvalue weighted by Crippen LogP contribution is 2.29. The van der Waals surface area contributed by atoms with Crippen LogP contribution in [0.4, 0.5) is 0 Å². The number of amides is 1. The van der Waals surface area contributed by atoms with Crippen molar-refractivity contribution in [3.63, 3.8) is 0 Å². The molecule has 1 fully saturated rings. The first-order valence-electron chi connectivity index (χ1n) is 6.82. The van der Waals surface area contributed by atoms with Gasteiger partial charge in [-0.05, 0) is 43.9 Å². The van der Waals surface area contributed by atoms with Gasteiger partial charge in [-0.25, -0.2) is 4.99 Å². The minimum atomic E-state index is -0.0677. The van der Waals surface area contributed by atoms with Crippen molar-refractivity contribution in [2.45, 2.75) is 33.1 Å². The fourth-order valence-corrected chi connectivity index (χ4v) is 2.50. The fraction of sp³-hybridized carbons (Fsp3) is 0.375. The second-order valence-electron chi connectivity index (χ2n) is 5.47. The van der Waals surface area contributed by atoms with Gasteiger partial charge >= 0.3 is 0 Å². The molecule has 1 aromatic carbocycles. The number of hydrogen-bond donors (Lipinski definition) is 1. The molecule has 1 aliphatic heterocycles. The number of aryl methyl sites for hydroxylation is 2. The molecular weight excluding hydrogens is 236 g/mol. The van der Waals surface area contributed by atoms with E-state index in [4.69, 9.17) is 0 Å². The van der Waals surface area contributed by atoms with Crippen LogP contribution in [0, 0.1) is 19.8 Å². The van der Waals surface area contributed by atoms with Crippen LogP contribution in [0.1, 0.15) is 36.0 Å². The van der Waals surface area contributed by atoms with E-state index in [9.17, 15) is 4.79 Å². The number of nitrogens with one attached hydrogen (secondary N) is 1. The van der Waals surface area contributed by atoms with Crippen LogP contribution < -0.4 is 5.32 Å². The van der Waals surface area contributed by atoms with Crippen LogP contribution in [0.2, 0.25) is 0 Å². The van der Waals surface area contributed by atoms with Gasteiger partial charge in [-0.15, -0.1) is 0 Å². The zero-order chi connectivity index (χ0) is 13.4. The number of rotatable bonds is 2. The maximum Gasteiger partial charge on any atom is 0.275 e. The average Bonchev–Trinajstić information content (AvgIpc) is 2.61. The summed E-state index contributed by atoms with van der Waals surface area (Å²) in [4.78, 5) is 16.4. The van der Waals surface area contributed by atoms with Crippen LogP contribution in [0.25, 0.3) is 6.08 Å². The van der Waals surface area contributed by atoms with Crippen molar-refractivity contribution in [3.05, 3.63) is 40.6 Å². The predicted octanol–water partition coefficient (Wildman–Crippen LogP) is 2.97. The maximum atomic E-state index is 11.9. The Hall–Kier alpha value is -1.90. The van der Waals surface area contributed by atoms with Crippen LogP contribution in [0.5, 0.6) is 0 Å². The van der Waals surface area contributed by atoms with Crippen molar-refractivity contribution in [2.24, 2.45) is 10.9 Å². The molecule has 1 saturated carbocycles. The van der Waals surface area contributed by atoms with E-state index < -0.39 is 0 Å². The Labute approximate surface area is 113 Å². The third kappa shape index (κ3) is 2.33. The average molecular weight is 254 g/mol. The molecule has 98 valence electrons. The monoisotopic (exact) mass is 254 g/mol. The highest BCUT2D eigenvalue weighted by atomic mass is 16.2. The highest BCUT2D eigenvalue weighted by Gasteiger charge is 2.30. The Kier molecular flexibility index (Phi) is 2.97. The molecule has 3 rings (SSSR count). The van der Waals surface area contributed by atoms with Gasteiger partial charge in [-0.2, -0.15) is 0 Å². The summed E-state index contributed by atoms with van der Waals surface area (Å²) in [6, 6.07) is 6.22. The van der Waals surface area contributed by atoms with Gasteiger partial charge in [0.15, 0.2) is 0 Å². The molecule has 1 aliphatic carbocycles. The van der Waals surface area contributed by atoms with Gasteiger partial charge in [0.25, 0.3) is 5.91 Å². The Bertz CT molecular complexity index is 595. The van der Waals surface area contributed by atoms with Crippen LogP contribution in [0.3, 0.4) is 0 Å². The van der Waals surface area contributed by atoms with Crippen molar-refractivity contribution in [1.82, 2.24) is 5.32 Å². The van der Waals surface area contributed by atoms with E-state index in [2.05, 4.69) is 36.3 Å². The maximum absolute atomic E-state index is 11.9. The summed E-state index contributed by atoms with van der Waals surface area (Å²) in [5, 5.41) is 2.90. The standard InChI is InChI=1S/C16H18N2O/c1-10-6-7-13(11(2)8-10)9-14-16(19)18-15(17-14)12-4-3-5-12/h6-9,12H,3-5H2,1-2H3,(H,17,18,19)/b14-9-. The minimum Gasteiger partial charge on any atom is -0.308 e. The first kappa shape index (κ1) is 12.2. The van der Waals surface area contributed by atoms with E-state index in [1.54, 1.807) is 0 Å². The predicted molar refractivity (Wildman–Crippen MR) is 76.8 cm³/mol. The van der Waals surface area contributed by atoms with Gasteiger partial charge in [-0.3, -0.25) is 4.79 Å². The van der Waals surface area contributed by atoms with Gasteiger partial charge in [0.1, 0.15) is 11.5 Å². The smallest absolute Gasteiger partial charge is 0.275 e. The zero-order valence-electron chi connectivity index (χ0n) is 11.4. The molecule has 0 spiro atoms. The highest BCUT2D eigenvalue weighted by molar-refractivity contribution is 6.15. The zero-order valence-corrected chi connectivity index (χ0v) is 11.4. The topological polar surface area (TPSA) is 41.5 Å². The summed E-state index contributed by atoms with van der Waals surface area (Å²) in [7, 11) is 0. The summed E-state index contributed by atoms with van der Waals surface area (Å²) in [5.41, 5.74) is 4.00. The minimum absolute atomic E-state index is 0.0677. The summed E-state index contributed by atoms with van der Waals surface area (Å²) >= 11 is 0. The summed E-state index contributed by atoms with van der Waals surface area (Å²) in [6.07, 6.45) is 5.43. The fourth-order valence-electron chi connectivity index (χ4n) is 2.50. The van der Waals surface area contributed by atoms with Gasteiger partial charge in [-0.1, -0.05) is 30.2 Å². The van der Waals surface area contributed by atoms with E-state index in [-0.39, 0.29) is 5.91 Å². The van der Waals surface area contributed by atoms with Crippen molar-refractivity contribution in [3.8, 4) is 0 Å². The molecule has 3 nitrogen and oxygen atoms in total. The number of aliphatic imine (C=N–C) groups is 1. The lowest BCUT2D eigenvalue weighted by molar-refractivity contribution is -0.115. The Morgan fingerprint density at radius 1 is 1.32 bits per heavy atom. The third-order valence-electron chi connectivity index (χ3n) is 3.92. The second kappa shape index (κ2) is 4.65. The largest absolute Gasteiger partial charge is 0.308 e. The molecule has 1 aromatic rings. The molecule has 0 bridgehead atoms. The number of amidine groups is 1. The lowest BCUT2D eigenvalue weighted by atomic mass is 9.84. The SMILES string of the molecule is Cc1ccc(/C=C2\N=C(C3CCC3)NC2=O)c(C)c1. The summed E-state index contributed by atoms with van der Waals surface area (Å²) in [5.74, 6) is 1.27. The molecule has 1 N–H and O–H groups in total. The van der Waals surface area contributed by atoms with Gasteiger partial charge < -0.3 is 5.32 Å². The first-order chi connectivity index (χ1) is 9.13. The van der Waals surface area contributed by atoms with Crippen molar-refractivity contribution < 1.29 is 4.79 Å². The number of carbonyl (C=O) groups excluding carboxylic acids is 1. The molecule has 0 radical (unpaired) electrons. The van der Waals surface area contributed by atoms with Crippen molar-refractivity contribution >= 4 is 17.8 Å². The number of benzene rings is 1. The van der Waals surface area contributed by atoms with Gasteiger partial charge in [0.05, 0.1) is 0 Å². The molecule has 0 atom stereocenters. The van der Waals surface area contributed by atoms with Crippen molar-refractivity contribution in [2.75, 3.05) is 0 Å². The quantitative estimate of drug-likeness (QED) is 0.810. The summed E-state index contributed by atoms with van der Waals surface area (Å²) in [6.45, 7) is 4.13. The number of nitrogens with zero attached hydrogens (tertiary/aromatic N) is 1. The molecule has 1 heterocycles. The van der Waals surface area contributed by atoms with Crippen LogP contribution in [-0.2, 0) is 4.79 Å². The van der Waals surface area contributed by atoms with E-state index >= 15 is 0 Å². The summed E-state index contributed by atoms with van der Waals surface area (Å²) < 4.78 is 0. The number of carbonyl (C=O) groups is 1. The molecule has 0 aromatic heterocycles. The van der Waals surface area contributed by atoms with Gasteiger partial charge in [0.2, 0.25) is 0 Å². The molecular formula is C16H18N2O. The molecule has 0 unspecified atom stereocenters. The lowest BCUT2D eigenvalue weighted by Gasteiger charge is -2.24. The molecule has 3 heteroatoms. The normalized spacial score (nSPS) is 21.3. The van der Waals surface area contributed by atoms with Crippen LogP contribution >= 0.6 is 0 Å². The van der Waals surface area contributed by atoms with Crippen LogP contribution in [0.15, 0.2) is 28.9 Å². The Morgan fingerprint density at radius 3 is 2.74 bits per heavy atom. The Balaban J connectivity index is 1.90. The van der Waals surface area contributed by atoms with E-state index in [0.29, 0.717) is 11.6 Å². The van der Waals surface area contributed by atoms with E-state index in [1.807, 2.05) is 12.1 Å². The van der Waals surface area contributed by atoms with Gasteiger partial charge in [0, 0.05) is 5.92 Å². The van der Waals surface area contributed by atoms with E-state index in [1.165, 1.54) is 17.5 Å². The second-order valence-corrected chi connectivity index (χ2v) is 5.47. The lowest BCUT2D eigenvalue weighted by Crippen LogP contribution is -2.33. The molecule has 0 saturated heterocycles. The molecule has 1 amide bonds. The van der Waals surface area contributed by atoms with Crippen LogP contribution in [-0.4, -0.2) is 11.7 Å². The third-order valence-corrected chi connectivity index (χ3v) is 3.92. The van der Waals surface area contributed by atoms with Crippen molar-refractivity contribution in [1.29, 1.82) is 0 Å². The van der Waals surface area contributed by atoms with E-state index in [0.717, 1.165) is 24.2 Å². The Morgan fingerprint density at radius 2 is 2.11 bits per heavy atom.